The first-order valence-electron chi connectivity index (χ1n) is 14.3. The van der Waals surface area contributed by atoms with E-state index in [1.807, 2.05) is 6.07 Å². The van der Waals surface area contributed by atoms with Gasteiger partial charge in [-0.2, -0.15) is 0 Å². The highest BCUT2D eigenvalue weighted by molar-refractivity contribution is 7.99. The molecule has 42 heavy (non-hydrogen) atoms. The molecule has 6 aromatic carbocycles. The molecule has 0 bridgehead atoms. The van der Waals surface area contributed by atoms with Gasteiger partial charge in [0.2, 0.25) is 0 Å². The van der Waals surface area contributed by atoms with E-state index in [-0.39, 0.29) is 0 Å². The maximum Gasteiger partial charge on any atom is 0.128 e. The summed E-state index contributed by atoms with van der Waals surface area (Å²) in [5.74, 6) is 1.64. The minimum absolute atomic E-state index is 0.820. The van der Waals surface area contributed by atoms with Crippen molar-refractivity contribution in [2.45, 2.75) is 37.5 Å². The first kappa shape index (κ1) is 27.6. The van der Waals surface area contributed by atoms with E-state index in [2.05, 4.69) is 155 Å². The molecule has 6 rings (SSSR count). The summed E-state index contributed by atoms with van der Waals surface area (Å²) in [6.07, 6.45) is 0. The van der Waals surface area contributed by atoms with Crippen molar-refractivity contribution in [2.24, 2.45) is 0 Å². The fourth-order valence-corrected chi connectivity index (χ4v) is 5.92. The van der Waals surface area contributed by atoms with Crippen molar-refractivity contribution in [3.63, 3.8) is 0 Å². The summed E-state index contributed by atoms with van der Waals surface area (Å²) in [7, 11) is 0. The maximum atomic E-state index is 6.58. The predicted octanol–water partition coefficient (Wildman–Crippen LogP) is 11.9. The average molecular weight is 563 g/mol. The Hall–Kier alpha value is -4.53. The SMILES string of the molecule is Cc1ccc(Sc2ccc(C)c(-c3cc(Oc4cccc(-c5ccc(C)cc5)c4)cc(-c4ccc(C)cc4)c3)c2)cc1. The van der Waals surface area contributed by atoms with Gasteiger partial charge in [0.1, 0.15) is 11.5 Å². The molecule has 0 amide bonds. The molecule has 0 aromatic heterocycles. The van der Waals surface area contributed by atoms with E-state index in [9.17, 15) is 0 Å². The van der Waals surface area contributed by atoms with Crippen LogP contribution in [0.25, 0.3) is 33.4 Å². The minimum Gasteiger partial charge on any atom is -0.457 e. The zero-order valence-corrected chi connectivity index (χ0v) is 25.3. The fourth-order valence-electron chi connectivity index (χ4n) is 5.07. The molecule has 206 valence electrons. The topological polar surface area (TPSA) is 9.23 Å². The minimum atomic E-state index is 0.820. The second kappa shape index (κ2) is 12.1. The third-order valence-electron chi connectivity index (χ3n) is 7.52. The highest BCUT2D eigenvalue weighted by Crippen LogP contribution is 2.38. The molecule has 0 aliphatic heterocycles. The van der Waals surface area contributed by atoms with Crippen LogP contribution in [0, 0.1) is 27.7 Å². The molecule has 0 radical (unpaired) electrons. The van der Waals surface area contributed by atoms with E-state index >= 15 is 0 Å². The van der Waals surface area contributed by atoms with E-state index in [1.165, 1.54) is 48.7 Å². The molecule has 0 N–H and O–H groups in total. The molecular formula is C40H34OS. The molecule has 1 nitrogen and oxygen atoms in total. The summed E-state index contributed by atoms with van der Waals surface area (Å²) in [4.78, 5) is 2.45. The van der Waals surface area contributed by atoms with Gasteiger partial charge < -0.3 is 4.74 Å². The van der Waals surface area contributed by atoms with Gasteiger partial charge in [-0.25, -0.2) is 0 Å². The van der Waals surface area contributed by atoms with E-state index in [4.69, 9.17) is 4.74 Å². The van der Waals surface area contributed by atoms with Crippen LogP contribution < -0.4 is 4.74 Å². The van der Waals surface area contributed by atoms with Gasteiger partial charge in [-0.15, -0.1) is 0 Å². The summed E-state index contributed by atoms with van der Waals surface area (Å²) >= 11 is 1.79. The Balaban J connectivity index is 1.39. The highest BCUT2D eigenvalue weighted by atomic mass is 32.2. The monoisotopic (exact) mass is 562 g/mol. The summed E-state index contributed by atoms with van der Waals surface area (Å²) in [6, 6.07) is 47.7. The normalized spacial score (nSPS) is 11.0. The van der Waals surface area contributed by atoms with Gasteiger partial charge in [0.05, 0.1) is 0 Å². The van der Waals surface area contributed by atoms with E-state index in [1.54, 1.807) is 11.8 Å². The molecule has 2 heteroatoms. The van der Waals surface area contributed by atoms with Gasteiger partial charge >= 0.3 is 0 Å². The lowest BCUT2D eigenvalue weighted by Gasteiger charge is -2.15. The second-order valence-electron chi connectivity index (χ2n) is 11.0. The summed E-state index contributed by atoms with van der Waals surface area (Å²) in [5, 5.41) is 0. The average Bonchev–Trinajstić information content (AvgIpc) is 3.00. The number of aryl methyl sites for hydroxylation is 4. The van der Waals surface area contributed by atoms with E-state index < -0.39 is 0 Å². The van der Waals surface area contributed by atoms with Crippen LogP contribution in [0.2, 0.25) is 0 Å². The Kier molecular flexibility index (Phi) is 7.99. The van der Waals surface area contributed by atoms with Gasteiger partial charge in [0, 0.05) is 9.79 Å². The third-order valence-corrected chi connectivity index (χ3v) is 8.52. The predicted molar refractivity (Wildman–Crippen MR) is 179 cm³/mol. The number of rotatable bonds is 7. The van der Waals surface area contributed by atoms with Crippen LogP contribution in [0.4, 0.5) is 0 Å². The van der Waals surface area contributed by atoms with Crippen molar-refractivity contribution >= 4 is 11.8 Å². The number of benzene rings is 6. The summed E-state index contributed by atoms with van der Waals surface area (Å²) in [5.41, 5.74) is 12.0. The summed E-state index contributed by atoms with van der Waals surface area (Å²) in [6.45, 7) is 8.54. The molecule has 0 saturated heterocycles. The van der Waals surface area contributed by atoms with Crippen LogP contribution in [0.1, 0.15) is 22.3 Å². The van der Waals surface area contributed by atoms with Crippen LogP contribution in [0.15, 0.2) is 143 Å². The highest BCUT2D eigenvalue weighted by Gasteiger charge is 2.12. The van der Waals surface area contributed by atoms with Gasteiger partial charge in [-0.05, 0) is 121 Å². The maximum absolute atomic E-state index is 6.58. The van der Waals surface area contributed by atoms with Crippen LogP contribution >= 0.6 is 11.8 Å². The second-order valence-corrected chi connectivity index (χ2v) is 12.1. The van der Waals surface area contributed by atoms with Crippen LogP contribution in [-0.4, -0.2) is 0 Å². The lowest BCUT2D eigenvalue weighted by Crippen LogP contribution is -1.91. The molecule has 6 aromatic rings. The molecule has 0 fully saturated rings. The largest absolute Gasteiger partial charge is 0.457 e. The Morgan fingerprint density at radius 3 is 1.62 bits per heavy atom. The Morgan fingerprint density at radius 2 is 0.952 bits per heavy atom. The van der Waals surface area contributed by atoms with Crippen LogP contribution in [0.5, 0.6) is 11.5 Å². The first-order valence-corrected chi connectivity index (χ1v) is 15.1. The lowest BCUT2D eigenvalue weighted by molar-refractivity contribution is 0.483. The van der Waals surface area contributed by atoms with E-state index in [0.717, 1.165) is 28.2 Å². The van der Waals surface area contributed by atoms with Crippen molar-refractivity contribution in [1.29, 1.82) is 0 Å². The number of hydrogen-bond donors (Lipinski definition) is 0. The van der Waals surface area contributed by atoms with Gasteiger partial charge in [0.15, 0.2) is 0 Å². The zero-order chi connectivity index (χ0) is 29.1. The quantitative estimate of drug-likeness (QED) is 0.191. The fraction of sp³-hybridized carbons (Fsp3) is 0.100. The Labute approximate surface area is 253 Å². The molecule has 0 saturated carbocycles. The Bertz CT molecular complexity index is 1830. The molecule has 0 unspecified atom stereocenters. The number of ether oxygens (including phenoxy) is 1. The van der Waals surface area contributed by atoms with Gasteiger partial charge in [-0.3, -0.25) is 0 Å². The molecule has 0 aliphatic rings. The summed E-state index contributed by atoms with van der Waals surface area (Å²) < 4.78 is 6.58. The van der Waals surface area contributed by atoms with Crippen molar-refractivity contribution in [1.82, 2.24) is 0 Å². The molecule has 0 atom stereocenters. The molecule has 0 heterocycles. The van der Waals surface area contributed by atoms with Crippen molar-refractivity contribution in [3.8, 4) is 44.9 Å². The number of hydrogen-bond acceptors (Lipinski definition) is 2. The third kappa shape index (κ3) is 6.51. The van der Waals surface area contributed by atoms with Crippen molar-refractivity contribution < 1.29 is 4.74 Å². The Morgan fingerprint density at radius 1 is 0.405 bits per heavy atom. The van der Waals surface area contributed by atoms with Crippen molar-refractivity contribution in [3.05, 3.63) is 156 Å². The van der Waals surface area contributed by atoms with Crippen LogP contribution in [0.3, 0.4) is 0 Å². The van der Waals surface area contributed by atoms with Crippen molar-refractivity contribution in [2.75, 3.05) is 0 Å². The molecule has 0 spiro atoms. The van der Waals surface area contributed by atoms with E-state index in [0.29, 0.717) is 0 Å². The smallest absolute Gasteiger partial charge is 0.128 e. The van der Waals surface area contributed by atoms with Gasteiger partial charge in [-0.1, -0.05) is 107 Å². The zero-order valence-electron chi connectivity index (χ0n) is 24.5. The molecule has 0 aliphatic carbocycles. The molecular weight excluding hydrogens is 529 g/mol. The standard InChI is InChI=1S/C40H34OS/c1-27-8-15-31(16-9-27)33-6-5-7-36(23-33)41-37-24-34(32-17-10-28(2)11-18-32)22-35(25-37)40-26-39(21-14-30(40)4)42-38-19-12-29(3)13-20-38/h5-26H,1-4H3. The first-order chi connectivity index (χ1) is 20.4. The lowest BCUT2D eigenvalue weighted by atomic mass is 9.95. The van der Waals surface area contributed by atoms with Crippen LogP contribution in [-0.2, 0) is 0 Å². The van der Waals surface area contributed by atoms with Gasteiger partial charge in [0.25, 0.3) is 0 Å².